The third kappa shape index (κ3) is 4.37. The van der Waals surface area contributed by atoms with Crippen molar-refractivity contribution < 1.29 is 27.5 Å². The van der Waals surface area contributed by atoms with Crippen LogP contribution in [-0.4, -0.2) is 28.3 Å². The van der Waals surface area contributed by atoms with Gasteiger partial charge in [0.25, 0.3) is 5.91 Å². The van der Waals surface area contributed by atoms with E-state index in [1.165, 1.54) is 0 Å². The van der Waals surface area contributed by atoms with E-state index in [2.05, 4.69) is 10.4 Å². The molecule has 1 aromatic carbocycles. The zero-order valence-electron chi connectivity index (χ0n) is 13.8. The molecule has 0 atom stereocenters. The molecule has 134 valence electrons. The highest BCUT2D eigenvalue weighted by Crippen LogP contribution is 2.29. The van der Waals surface area contributed by atoms with Crippen LogP contribution in [0.2, 0.25) is 0 Å². The first kappa shape index (κ1) is 18.5. The third-order valence-corrected chi connectivity index (χ3v) is 3.56. The Hall–Kier alpha value is -2.84. The van der Waals surface area contributed by atoms with Gasteiger partial charge in [-0.15, -0.1) is 0 Å². The van der Waals surface area contributed by atoms with Gasteiger partial charge in [0.15, 0.2) is 6.61 Å². The summed E-state index contributed by atoms with van der Waals surface area (Å²) in [6.07, 6.45) is -4.48. The van der Waals surface area contributed by atoms with Crippen molar-refractivity contribution in [1.82, 2.24) is 9.78 Å². The summed E-state index contributed by atoms with van der Waals surface area (Å²) < 4.78 is 43.8. The van der Waals surface area contributed by atoms with E-state index in [1.807, 2.05) is 0 Å². The maximum absolute atomic E-state index is 12.5. The second-order valence-electron chi connectivity index (χ2n) is 5.37. The Kier molecular flexibility index (Phi) is 5.15. The summed E-state index contributed by atoms with van der Waals surface area (Å²) in [7, 11) is 1.72. The lowest BCUT2D eigenvalue weighted by atomic mass is 10.1. The number of amides is 1. The molecule has 1 aromatic heterocycles. The first-order valence-electron chi connectivity index (χ1n) is 7.24. The van der Waals surface area contributed by atoms with Gasteiger partial charge in [0, 0.05) is 7.05 Å². The summed E-state index contributed by atoms with van der Waals surface area (Å²) in [4.78, 5) is 23.7. The highest BCUT2D eigenvalue weighted by molar-refractivity contribution is 5.96. The molecule has 0 fully saturated rings. The van der Waals surface area contributed by atoms with E-state index < -0.39 is 30.2 Å². The van der Waals surface area contributed by atoms with Crippen molar-refractivity contribution in [3.63, 3.8) is 0 Å². The Morgan fingerprint density at radius 3 is 2.28 bits per heavy atom. The van der Waals surface area contributed by atoms with E-state index in [-0.39, 0.29) is 5.56 Å². The zero-order chi connectivity index (χ0) is 18.8. The molecule has 0 aliphatic carbocycles. The number of aryl methyl sites for hydroxylation is 2. The maximum Gasteiger partial charge on any atom is 0.416 e. The predicted molar refractivity (Wildman–Crippen MR) is 83.0 cm³/mol. The lowest BCUT2D eigenvalue weighted by molar-refractivity contribution is -0.137. The summed E-state index contributed by atoms with van der Waals surface area (Å²) in [6.45, 7) is 2.92. The molecule has 2 rings (SSSR count). The van der Waals surface area contributed by atoms with Crippen molar-refractivity contribution in [3.05, 3.63) is 46.8 Å². The fraction of sp³-hybridized carbons (Fsp3) is 0.312. The zero-order valence-corrected chi connectivity index (χ0v) is 13.8. The number of hydrogen-bond donors (Lipinski definition) is 1. The van der Waals surface area contributed by atoms with Crippen LogP contribution in [0.1, 0.15) is 27.3 Å². The van der Waals surface area contributed by atoms with Gasteiger partial charge in [-0.2, -0.15) is 18.3 Å². The van der Waals surface area contributed by atoms with Crippen LogP contribution < -0.4 is 5.32 Å². The van der Waals surface area contributed by atoms with Gasteiger partial charge < -0.3 is 10.1 Å². The fourth-order valence-corrected chi connectivity index (χ4v) is 2.14. The number of benzene rings is 1. The lowest BCUT2D eigenvalue weighted by Crippen LogP contribution is -2.21. The van der Waals surface area contributed by atoms with E-state index in [9.17, 15) is 22.8 Å². The molecule has 1 amide bonds. The average molecular weight is 355 g/mol. The quantitative estimate of drug-likeness (QED) is 0.856. The van der Waals surface area contributed by atoms with Crippen LogP contribution >= 0.6 is 0 Å². The molecule has 9 heteroatoms. The van der Waals surface area contributed by atoms with Gasteiger partial charge >= 0.3 is 12.1 Å². The summed E-state index contributed by atoms with van der Waals surface area (Å²) in [5.74, 6) is -1.46. The molecular weight excluding hydrogens is 339 g/mol. The van der Waals surface area contributed by atoms with E-state index in [1.54, 1.807) is 25.6 Å². The first-order chi connectivity index (χ1) is 11.6. The van der Waals surface area contributed by atoms with Crippen molar-refractivity contribution >= 4 is 17.6 Å². The fourth-order valence-electron chi connectivity index (χ4n) is 2.14. The standard InChI is InChI=1S/C16H16F3N3O3/c1-9-14(10(2)22(3)21-9)20-13(23)8-25-15(24)11-4-6-12(7-5-11)16(17,18)19/h4-7H,8H2,1-3H3,(H,20,23). The number of hydrogen-bond acceptors (Lipinski definition) is 4. The van der Waals surface area contributed by atoms with Crippen molar-refractivity contribution in [3.8, 4) is 0 Å². The SMILES string of the molecule is Cc1nn(C)c(C)c1NC(=O)COC(=O)c1ccc(C(F)(F)F)cc1. The smallest absolute Gasteiger partial charge is 0.416 e. The Bertz CT molecular complexity index is 795. The number of rotatable bonds is 4. The van der Waals surface area contributed by atoms with Gasteiger partial charge in [0.05, 0.1) is 28.2 Å². The number of alkyl halides is 3. The topological polar surface area (TPSA) is 73.2 Å². The van der Waals surface area contributed by atoms with Gasteiger partial charge in [-0.25, -0.2) is 4.79 Å². The number of carbonyl (C=O) groups excluding carboxylic acids is 2. The Morgan fingerprint density at radius 2 is 1.80 bits per heavy atom. The molecule has 25 heavy (non-hydrogen) atoms. The third-order valence-electron chi connectivity index (χ3n) is 3.56. The van der Waals surface area contributed by atoms with Gasteiger partial charge in [0.1, 0.15) is 0 Å². The molecule has 0 saturated carbocycles. The van der Waals surface area contributed by atoms with E-state index >= 15 is 0 Å². The van der Waals surface area contributed by atoms with Gasteiger partial charge in [-0.3, -0.25) is 9.48 Å². The van der Waals surface area contributed by atoms with Crippen LogP contribution in [0.4, 0.5) is 18.9 Å². The van der Waals surface area contributed by atoms with Crippen molar-refractivity contribution in [2.45, 2.75) is 20.0 Å². The molecule has 1 N–H and O–H groups in total. The molecular formula is C16H16F3N3O3. The van der Waals surface area contributed by atoms with Crippen LogP contribution in [0, 0.1) is 13.8 Å². The average Bonchev–Trinajstić information content (AvgIpc) is 2.78. The van der Waals surface area contributed by atoms with Crippen LogP contribution in [0.25, 0.3) is 0 Å². The molecule has 0 aliphatic heterocycles. The number of nitrogens with zero attached hydrogens (tertiary/aromatic N) is 2. The van der Waals surface area contributed by atoms with E-state index in [4.69, 9.17) is 4.74 Å². The molecule has 0 spiro atoms. The molecule has 0 unspecified atom stereocenters. The summed E-state index contributed by atoms with van der Waals surface area (Å²) in [5, 5.41) is 6.72. The molecule has 1 heterocycles. The predicted octanol–water partition coefficient (Wildman–Crippen LogP) is 2.85. The molecule has 2 aromatic rings. The summed E-state index contributed by atoms with van der Waals surface area (Å²) >= 11 is 0. The van der Waals surface area contributed by atoms with Crippen molar-refractivity contribution in [2.75, 3.05) is 11.9 Å². The monoisotopic (exact) mass is 355 g/mol. The minimum absolute atomic E-state index is 0.0745. The minimum Gasteiger partial charge on any atom is -0.452 e. The van der Waals surface area contributed by atoms with Gasteiger partial charge in [0.2, 0.25) is 0 Å². The Morgan fingerprint density at radius 1 is 1.20 bits per heavy atom. The first-order valence-corrected chi connectivity index (χ1v) is 7.24. The number of anilines is 1. The molecule has 6 nitrogen and oxygen atoms in total. The lowest BCUT2D eigenvalue weighted by Gasteiger charge is -2.08. The Balaban J connectivity index is 1.94. The van der Waals surface area contributed by atoms with Crippen LogP contribution in [0.15, 0.2) is 24.3 Å². The van der Waals surface area contributed by atoms with Crippen molar-refractivity contribution in [1.29, 1.82) is 0 Å². The van der Waals surface area contributed by atoms with Crippen LogP contribution in [0.5, 0.6) is 0 Å². The summed E-state index contributed by atoms with van der Waals surface area (Å²) in [6, 6.07) is 3.55. The molecule has 0 saturated heterocycles. The maximum atomic E-state index is 12.5. The number of halogens is 3. The van der Waals surface area contributed by atoms with E-state index in [0.717, 1.165) is 30.0 Å². The second kappa shape index (κ2) is 6.96. The largest absolute Gasteiger partial charge is 0.452 e. The van der Waals surface area contributed by atoms with Crippen LogP contribution in [0.3, 0.4) is 0 Å². The van der Waals surface area contributed by atoms with Gasteiger partial charge in [-0.05, 0) is 38.1 Å². The normalized spacial score (nSPS) is 11.3. The highest BCUT2D eigenvalue weighted by Gasteiger charge is 2.30. The molecule has 0 aliphatic rings. The van der Waals surface area contributed by atoms with Crippen LogP contribution in [-0.2, 0) is 22.8 Å². The second-order valence-corrected chi connectivity index (χ2v) is 5.37. The molecule has 0 radical (unpaired) electrons. The minimum atomic E-state index is -4.48. The molecule has 0 bridgehead atoms. The number of carbonyl (C=O) groups is 2. The van der Waals surface area contributed by atoms with Gasteiger partial charge in [-0.1, -0.05) is 0 Å². The number of esters is 1. The highest BCUT2D eigenvalue weighted by atomic mass is 19.4. The Labute approximate surface area is 141 Å². The van der Waals surface area contributed by atoms with Crippen molar-refractivity contribution in [2.24, 2.45) is 7.05 Å². The van der Waals surface area contributed by atoms with E-state index in [0.29, 0.717) is 11.4 Å². The summed E-state index contributed by atoms with van der Waals surface area (Å²) in [5.41, 5.74) is 0.930. The number of nitrogens with one attached hydrogen (secondary N) is 1. The number of aromatic nitrogens is 2. The number of ether oxygens (including phenoxy) is 1.